The van der Waals surface area contributed by atoms with Crippen LogP contribution in [0.15, 0.2) is 109 Å². The molecule has 3 heteroatoms. The van der Waals surface area contributed by atoms with Crippen LogP contribution in [0.4, 0.5) is 0 Å². The minimum atomic E-state index is 0.761. The predicted octanol–water partition coefficient (Wildman–Crippen LogP) is 7.85. The van der Waals surface area contributed by atoms with E-state index in [1.807, 2.05) is 24.3 Å². The van der Waals surface area contributed by atoms with E-state index in [1.54, 1.807) is 11.3 Å². The van der Waals surface area contributed by atoms with Gasteiger partial charge < -0.3 is 0 Å². The van der Waals surface area contributed by atoms with Crippen LogP contribution in [0.2, 0.25) is 0 Å². The highest BCUT2D eigenvalue weighted by Gasteiger charge is 2.16. The molecule has 4 aromatic carbocycles. The lowest BCUT2D eigenvalue weighted by Crippen LogP contribution is -1.93. The third kappa shape index (κ3) is 3.20. The van der Waals surface area contributed by atoms with E-state index in [0.29, 0.717) is 0 Å². The van der Waals surface area contributed by atoms with E-state index in [9.17, 15) is 0 Å². The molecule has 0 aliphatic carbocycles. The Morgan fingerprint density at radius 1 is 0.516 bits per heavy atom. The molecule has 0 saturated heterocycles. The van der Waals surface area contributed by atoms with Gasteiger partial charge in [0.15, 0.2) is 5.82 Å². The zero-order chi connectivity index (χ0) is 20.6. The smallest absolute Gasteiger partial charge is 0.160 e. The van der Waals surface area contributed by atoms with Crippen molar-refractivity contribution in [3.8, 4) is 33.8 Å². The number of thiophene rings is 1. The molecule has 0 unspecified atom stereocenters. The fourth-order valence-electron chi connectivity index (χ4n) is 3.98. The van der Waals surface area contributed by atoms with Crippen molar-refractivity contribution in [2.75, 3.05) is 0 Å². The summed E-state index contributed by atoms with van der Waals surface area (Å²) >= 11 is 1.76. The number of benzene rings is 4. The van der Waals surface area contributed by atoms with Crippen LogP contribution >= 0.6 is 11.3 Å². The number of nitrogens with zero attached hydrogens (tertiary/aromatic N) is 2. The Labute approximate surface area is 184 Å². The van der Waals surface area contributed by atoms with Crippen LogP contribution in [0.3, 0.4) is 0 Å². The van der Waals surface area contributed by atoms with Crippen LogP contribution in [-0.2, 0) is 0 Å². The van der Waals surface area contributed by atoms with Crippen LogP contribution in [0.1, 0.15) is 0 Å². The van der Waals surface area contributed by atoms with Crippen LogP contribution in [0.25, 0.3) is 54.1 Å². The lowest BCUT2D eigenvalue weighted by atomic mass is 10.0. The number of hydrogen-bond donors (Lipinski definition) is 0. The summed E-state index contributed by atoms with van der Waals surface area (Å²) in [5.41, 5.74) is 6.54. The first-order valence-electron chi connectivity index (χ1n) is 10.3. The topological polar surface area (TPSA) is 25.8 Å². The summed E-state index contributed by atoms with van der Waals surface area (Å²) in [4.78, 5) is 10.1. The zero-order valence-electron chi connectivity index (χ0n) is 16.7. The molecule has 0 aliphatic heterocycles. The Morgan fingerprint density at radius 2 is 1.16 bits per heavy atom. The molecule has 2 aromatic heterocycles. The van der Waals surface area contributed by atoms with Gasteiger partial charge in [-0.05, 0) is 23.3 Å². The van der Waals surface area contributed by atoms with Crippen molar-refractivity contribution < 1.29 is 0 Å². The van der Waals surface area contributed by atoms with Crippen LogP contribution < -0.4 is 0 Å². The molecule has 0 atom stereocenters. The Kier molecular flexibility index (Phi) is 4.33. The molecule has 0 spiro atoms. The highest BCUT2D eigenvalue weighted by atomic mass is 32.1. The van der Waals surface area contributed by atoms with E-state index in [1.165, 1.54) is 21.2 Å². The van der Waals surface area contributed by atoms with Gasteiger partial charge in [0.25, 0.3) is 0 Å². The number of rotatable bonds is 3. The van der Waals surface area contributed by atoms with Crippen LogP contribution in [0.5, 0.6) is 0 Å². The van der Waals surface area contributed by atoms with Crippen molar-refractivity contribution in [2.24, 2.45) is 0 Å². The largest absolute Gasteiger partial charge is 0.226 e. The summed E-state index contributed by atoms with van der Waals surface area (Å²) in [6, 6.07) is 37.8. The lowest BCUT2D eigenvalue weighted by Gasteiger charge is -2.09. The summed E-state index contributed by atoms with van der Waals surface area (Å²) in [6.07, 6.45) is 0. The molecular formula is C28H18N2S. The molecule has 0 fully saturated rings. The fourth-order valence-corrected chi connectivity index (χ4v) is 5.13. The molecule has 0 N–H and O–H groups in total. The molecule has 2 heterocycles. The van der Waals surface area contributed by atoms with E-state index in [0.717, 1.165) is 32.9 Å². The van der Waals surface area contributed by atoms with Gasteiger partial charge in [-0.1, -0.05) is 97.1 Å². The third-order valence-corrected chi connectivity index (χ3v) is 6.66. The van der Waals surface area contributed by atoms with Gasteiger partial charge in [0, 0.05) is 21.2 Å². The molecule has 2 nitrogen and oxygen atoms in total. The minimum absolute atomic E-state index is 0.761. The molecule has 31 heavy (non-hydrogen) atoms. The van der Waals surface area contributed by atoms with Gasteiger partial charge in [0.1, 0.15) is 0 Å². The van der Waals surface area contributed by atoms with E-state index in [4.69, 9.17) is 9.97 Å². The number of hydrogen-bond acceptors (Lipinski definition) is 3. The monoisotopic (exact) mass is 414 g/mol. The Morgan fingerprint density at radius 3 is 1.97 bits per heavy atom. The van der Waals surface area contributed by atoms with Gasteiger partial charge >= 0.3 is 0 Å². The van der Waals surface area contributed by atoms with E-state index < -0.39 is 0 Å². The third-order valence-electron chi connectivity index (χ3n) is 5.49. The van der Waals surface area contributed by atoms with Gasteiger partial charge in [-0.15, -0.1) is 11.3 Å². The predicted molar refractivity (Wildman–Crippen MR) is 131 cm³/mol. The standard InChI is InChI=1S/C28H18N2S/c1-3-10-19(11-4-1)21-14-9-15-22(18-21)25-27-26(23-16-7-8-17-24(23)31-27)30-28(29-25)20-12-5-2-6-13-20/h1-18H. The van der Waals surface area contributed by atoms with Crippen molar-refractivity contribution >= 4 is 31.6 Å². The maximum atomic E-state index is 5.07. The van der Waals surface area contributed by atoms with E-state index in [-0.39, 0.29) is 0 Å². The molecule has 0 saturated carbocycles. The summed E-state index contributed by atoms with van der Waals surface area (Å²) in [5, 5.41) is 1.18. The lowest BCUT2D eigenvalue weighted by molar-refractivity contribution is 1.24. The minimum Gasteiger partial charge on any atom is -0.226 e. The molecule has 0 aliphatic rings. The molecule has 0 radical (unpaired) electrons. The number of aromatic nitrogens is 2. The molecule has 0 amide bonds. The quantitative estimate of drug-likeness (QED) is 0.295. The Bertz CT molecular complexity index is 1520. The first kappa shape index (κ1) is 18.0. The molecule has 146 valence electrons. The summed E-state index contributed by atoms with van der Waals surface area (Å²) in [7, 11) is 0. The number of fused-ring (bicyclic) bond motifs is 3. The van der Waals surface area contributed by atoms with Crippen LogP contribution in [0, 0.1) is 0 Å². The zero-order valence-corrected chi connectivity index (χ0v) is 17.5. The van der Waals surface area contributed by atoms with Crippen molar-refractivity contribution in [1.82, 2.24) is 9.97 Å². The average Bonchev–Trinajstić information content (AvgIpc) is 3.23. The van der Waals surface area contributed by atoms with Gasteiger partial charge in [-0.2, -0.15) is 0 Å². The maximum Gasteiger partial charge on any atom is 0.160 e. The Hall–Kier alpha value is -3.82. The normalized spacial score (nSPS) is 11.2. The average molecular weight is 415 g/mol. The van der Waals surface area contributed by atoms with Gasteiger partial charge in [0.2, 0.25) is 0 Å². The summed E-state index contributed by atoms with van der Waals surface area (Å²) in [5.74, 6) is 0.761. The second-order valence-electron chi connectivity index (χ2n) is 7.48. The molecule has 0 bridgehead atoms. The first-order valence-corrected chi connectivity index (χ1v) is 11.1. The summed E-state index contributed by atoms with van der Waals surface area (Å²) < 4.78 is 2.36. The highest BCUT2D eigenvalue weighted by molar-refractivity contribution is 7.26. The fraction of sp³-hybridized carbons (Fsp3) is 0. The van der Waals surface area contributed by atoms with Gasteiger partial charge in [-0.3, -0.25) is 0 Å². The van der Waals surface area contributed by atoms with Crippen molar-refractivity contribution in [3.05, 3.63) is 109 Å². The SMILES string of the molecule is c1ccc(-c2cccc(-c3nc(-c4ccccc4)nc4c3sc3ccccc34)c2)cc1. The molecular weight excluding hydrogens is 396 g/mol. The highest BCUT2D eigenvalue weighted by Crippen LogP contribution is 2.39. The van der Waals surface area contributed by atoms with E-state index >= 15 is 0 Å². The summed E-state index contributed by atoms with van der Waals surface area (Å²) in [6.45, 7) is 0. The molecule has 6 aromatic rings. The second kappa shape index (κ2) is 7.46. The van der Waals surface area contributed by atoms with E-state index in [2.05, 4.69) is 84.9 Å². The Balaban J connectivity index is 1.64. The second-order valence-corrected chi connectivity index (χ2v) is 8.54. The first-order chi connectivity index (χ1) is 15.4. The van der Waals surface area contributed by atoms with Crippen LogP contribution in [-0.4, -0.2) is 9.97 Å². The molecule has 6 rings (SSSR count). The van der Waals surface area contributed by atoms with Gasteiger partial charge in [-0.25, -0.2) is 9.97 Å². The maximum absolute atomic E-state index is 5.07. The van der Waals surface area contributed by atoms with Gasteiger partial charge in [0.05, 0.1) is 15.9 Å². The van der Waals surface area contributed by atoms with Crippen molar-refractivity contribution in [2.45, 2.75) is 0 Å². The van der Waals surface area contributed by atoms with Crippen molar-refractivity contribution in [1.29, 1.82) is 0 Å². The van der Waals surface area contributed by atoms with Crippen molar-refractivity contribution in [3.63, 3.8) is 0 Å².